The molecule has 1 heterocycles. The fourth-order valence-electron chi connectivity index (χ4n) is 1.17. The van der Waals surface area contributed by atoms with E-state index < -0.39 is 15.8 Å². The summed E-state index contributed by atoms with van der Waals surface area (Å²) >= 11 is 0. The summed E-state index contributed by atoms with van der Waals surface area (Å²) in [6.45, 7) is 0. The van der Waals surface area contributed by atoms with Gasteiger partial charge in [0.25, 0.3) is 10.0 Å². The molecule has 1 aromatic heterocycles. The molecule has 0 aliphatic rings. The quantitative estimate of drug-likeness (QED) is 0.897. The van der Waals surface area contributed by atoms with Crippen molar-refractivity contribution in [1.82, 2.24) is 10.2 Å². The molecule has 0 amide bonds. The summed E-state index contributed by atoms with van der Waals surface area (Å²) in [5, 5.41) is 7.13. The van der Waals surface area contributed by atoms with Crippen LogP contribution < -0.4 is 4.72 Å². The lowest BCUT2D eigenvalue weighted by Gasteiger charge is -2.05. The van der Waals surface area contributed by atoms with Crippen molar-refractivity contribution in [3.8, 4) is 0 Å². The number of hydrogen-bond acceptors (Lipinski definition) is 4. The maximum absolute atomic E-state index is 12.7. The van der Waals surface area contributed by atoms with E-state index in [0.717, 1.165) is 12.1 Å². The van der Waals surface area contributed by atoms with E-state index in [1.165, 1.54) is 24.4 Å². The second kappa shape index (κ2) is 4.46. The SMILES string of the molecule is O=S(=O)(Nc1cccnn1)c1ccc(F)cc1. The molecule has 17 heavy (non-hydrogen) atoms. The lowest BCUT2D eigenvalue weighted by Crippen LogP contribution is -2.14. The van der Waals surface area contributed by atoms with E-state index in [2.05, 4.69) is 14.9 Å². The Balaban J connectivity index is 2.29. The zero-order chi connectivity index (χ0) is 12.3. The normalized spacial score (nSPS) is 11.1. The first-order chi connectivity index (χ1) is 8.08. The molecular weight excluding hydrogens is 245 g/mol. The molecule has 0 radical (unpaired) electrons. The summed E-state index contributed by atoms with van der Waals surface area (Å²) in [6, 6.07) is 7.52. The van der Waals surface area contributed by atoms with Crippen molar-refractivity contribution in [1.29, 1.82) is 0 Å². The van der Waals surface area contributed by atoms with Gasteiger partial charge in [-0.3, -0.25) is 4.72 Å². The Hall–Kier alpha value is -2.02. The molecule has 2 rings (SSSR count). The second-order valence-electron chi connectivity index (χ2n) is 3.17. The molecular formula is C10H8FN3O2S. The van der Waals surface area contributed by atoms with Gasteiger partial charge in [0, 0.05) is 6.20 Å². The molecule has 5 nitrogen and oxygen atoms in total. The van der Waals surface area contributed by atoms with Crippen LogP contribution in [0, 0.1) is 5.82 Å². The molecule has 7 heteroatoms. The molecule has 1 aromatic carbocycles. The lowest BCUT2D eigenvalue weighted by molar-refractivity contribution is 0.599. The van der Waals surface area contributed by atoms with Crippen molar-refractivity contribution in [2.24, 2.45) is 0 Å². The van der Waals surface area contributed by atoms with Gasteiger partial charge in [-0.05, 0) is 36.4 Å². The molecule has 88 valence electrons. The minimum absolute atomic E-state index is 0.0375. The zero-order valence-corrected chi connectivity index (χ0v) is 9.36. The summed E-state index contributed by atoms with van der Waals surface area (Å²) in [4.78, 5) is -0.0375. The fraction of sp³-hybridized carbons (Fsp3) is 0. The predicted molar refractivity (Wildman–Crippen MR) is 59.2 cm³/mol. The van der Waals surface area contributed by atoms with Crippen molar-refractivity contribution < 1.29 is 12.8 Å². The standard InChI is InChI=1S/C10H8FN3O2S/c11-8-3-5-9(6-4-8)17(15,16)14-10-2-1-7-12-13-10/h1-7H,(H,13,14). The Kier molecular flexibility index (Phi) is 3.01. The molecule has 0 spiro atoms. The third kappa shape index (κ3) is 2.76. The van der Waals surface area contributed by atoms with Crippen LogP contribution >= 0.6 is 0 Å². The number of rotatable bonds is 3. The highest BCUT2D eigenvalue weighted by Gasteiger charge is 2.14. The maximum atomic E-state index is 12.7. The van der Waals surface area contributed by atoms with Gasteiger partial charge >= 0.3 is 0 Å². The minimum Gasteiger partial charge on any atom is -0.262 e. The van der Waals surface area contributed by atoms with Gasteiger partial charge in [-0.15, -0.1) is 5.10 Å². The number of anilines is 1. The number of nitrogens with one attached hydrogen (secondary N) is 1. The van der Waals surface area contributed by atoms with Gasteiger partial charge < -0.3 is 0 Å². The molecule has 0 unspecified atom stereocenters. The van der Waals surface area contributed by atoms with E-state index in [1.807, 2.05) is 0 Å². The molecule has 0 atom stereocenters. The van der Waals surface area contributed by atoms with Crippen molar-refractivity contribution in [2.45, 2.75) is 4.90 Å². The average Bonchev–Trinajstić information content (AvgIpc) is 2.30. The Labute approximate surface area is 97.4 Å². The summed E-state index contributed by atoms with van der Waals surface area (Å²) in [5.41, 5.74) is 0. The van der Waals surface area contributed by atoms with Crippen LogP contribution in [-0.2, 0) is 10.0 Å². The van der Waals surface area contributed by atoms with Crippen LogP contribution in [0.15, 0.2) is 47.5 Å². The van der Waals surface area contributed by atoms with E-state index in [9.17, 15) is 12.8 Å². The summed E-state index contributed by atoms with van der Waals surface area (Å²) in [5.74, 6) is -0.389. The number of nitrogens with zero attached hydrogens (tertiary/aromatic N) is 2. The van der Waals surface area contributed by atoms with E-state index in [0.29, 0.717) is 0 Å². The fourth-order valence-corrected chi connectivity index (χ4v) is 2.16. The van der Waals surface area contributed by atoms with E-state index in [-0.39, 0.29) is 10.7 Å². The smallest absolute Gasteiger partial charge is 0.262 e. The van der Waals surface area contributed by atoms with E-state index >= 15 is 0 Å². The third-order valence-electron chi connectivity index (χ3n) is 1.94. The number of halogens is 1. The molecule has 0 aliphatic heterocycles. The minimum atomic E-state index is -3.75. The molecule has 1 N–H and O–H groups in total. The highest BCUT2D eigenvalue weighted by molar-refractivity contribution is 7.92. The first-order valence-corrected chi connectivity index (χ1v) is 6.12. The average molecular weight is 253 g/mol. The summed E-state index contributed by atoms with van der Waals surface area (Å²) in [6.07, 6.45) is 1.43. The first kappa shape index (κ1) is 11.5. The van der Waals surface area contributed by atoms with Gasteiger partial charge in [0.15, 0.2) is 5.82 Å². The Morgan fingerprint density at radius 1 is 1.12 bits per heavy atom. The van der Waals surface area contributed by atoms with E-state index in [1.54, 1.807) is 6.07 Å². The number of sulfonamides is 1. The Morgan fingerprint density at radius 3 is 2.41 bits per heavy atom. The zero-order valence-electron chi connectivity index (χ0n) is 8.54. The van der Waals surface area contributed by atoms with Crippen molar-refractivity contribution >= 4 is 15.8 Å². The van der Waals surface area contributed by atoms with Gasteiger partial charge in [0.05, 0.1) is 4.90 Å². The van der Waals surface area contributed by atoms with Crippen molar-refractivity contribution in [2.75, 3.05) is 4.72 Å². The van der Waals surface area contributed by atoms with Crippen LogP contribution in [0.2, 0.25) is 0 Å². The molecule has 0 saturated carbocycles. The molecule has 0 aliphatic carbocycles. The van der Waals surface area contributed by atoms with Gasteiger partial charge in [-0.25, -0.2) is 12.8 Å². The van der Waals surface area contributed by atoms with Crippen LogP contribution in [0.25, 0.3) is 0 Å². The van der Waals surface area contributed by atoms with Crippen molar-refractivity contribution in [3.63, 3.8) is 0 Å². The second-order valence-corrected chi connectivity index (χ2v) is 4.85. The Bertz CT molecular complexity index is 599. The molecule has 0 saturated heterocycles. The largest absolute Gasteiger partial charge is 0.263 e. The molecule has 0 fully saturated rings. The highest BCUT2D eigenvalue weighted by atomic mass is 32.2. The molecule has 2 aromatic rings. The number of aromatic nitrogens is 2. The third-order valence-corrected chi connectivity index (χ3v) is 3.31. The summed E-state index contributed by atoms with van der Waals surface area (Å²) < 4.78 is 38.5. The predicted octanol–water partition coefficient (Wildman–Crippen LogP) is 1.42. The Morgan fingerprint density at radius 2 is 1.82 bits per heavy atom. The topological polar surface area (TPSA) is 72.0 Å². The van der Waals surface area contributed by atoms with Crippen LogP contribution in [0.1, 0.15) is 0 Å². The monoisotopic (exact) mass is 253 g/mol. The van der Waals surface area contributed by atoms with Crippen LogP contribution in [0.3, 0.4) is 0 Å². The van der Waals surface area contributed by atoms with Crippen molar-refractivity contribution in [3.05, 3.63) is 48.4 Å². The number of hydrogen-bond donors (Lipinski definition) is 1. The highest BCUT2D eigenvalue weighted by Crippen LogP contribution is 2.13. The number of benzene rings is 1. The van der Waals surface area contributed by atoms with Crippen LogP contribution in [0.5, 0.6) is 0 Å². The van der Waals surface area contributed by atoms with Gasteiger partial charge in [-0.2, -0.15) is 5.10 Å². The van der Waals surface area contributed by atoms with Crippen LogP contribution in [0.4, 0.5) is 10.2 Å². The molecule has 0 bridgehead atoms. The van der Waals surface area contributed by atoms with Gasteiger partial charge in [0.2, 0.25) is 0 Å². The summed E-state index contributed by atoms with van der Waals surface area (Å²) in [7, 11) is -3.75. The van der Waals surface area contributed by atoms with Crippen LogP contribution in [-0.4, -0.2) is 18.6 Å². The maximum Gasteiger partial charge on any atom is 0.263 e. The first-order valence-electron chi connectivity index (χ1n) is 4.64. The van der Waals surface area contributed by atoms with Gasteiger partial charge in [0.1, 0.15) is 5.82 Å². The lowest BCUT2D eigenvalue weighted by atomic mass is 10.4. The van der Waals surface area contributed by atoms with Gasteiger partial charge in [-0.1, -0.05) is 0 Å². The van der Waals surface area contributed by atoms with E-state index in [4.69, 9.17) is 0 Å².